The molecule has 0 bridgehead atoms. The van der Waals surface area contributed by atoms with Gasteiger partial charge in [0.25, 0.3) is 5.91 Å². The summed E-state index contributed by atoms with van der Waals surface area (Å²) in [6, 6.07) is 9.02. The molecule has 0 N–H and O–H groups in total. The smallest absolute Gasteiger partial charge is 0.337 e. The summed E-state index contributed by atoms with van der Waals surface area (Å²) in [5, 5.41) is 0.322. The van der Waals surface area contributed by atoms with Crippen molar-refractivity contribution in [3.05, 3.63) is 63.9 Å². The molecule has 0 radical (unpaired) electrons. The van der Waals surface area contributed by atoms with Crippen molar-refractivity contribution in [1.82, 2.24) is 0 Å². The highest BCUT2D eigenvalue weighted by Gasteiger charge is 2.27. The lowest BCUT2D eigenvalue weighted by atomic mass is 10.00. The van der Waals surface area contributed by atoms with Gasteiger partial charge in [0.15, 0.2) is 0 Å². The molecule has 3 rings (SSSR count). The average molecular weight is 348 g/mol. The van der Waals surface area contributed by atoms with Gasteiger partial charge in [-0.2, -0.15) is 0 Å². The fourth-order valence-electron chi connectivity index (χ4n) is 2.88. The standard InChI is InChI=1S/C18H15ClFNO3/c1-24-18(23)12-6-4-11(5-7-12)17(22)21-8-2-3-13-9-14(19)10-15(20)16(13)21/h4-7,9-10H,2-3,8H2,1H3. The number of ether oxygens (including phenoxy) is 1. The van der Waals surface area contributed by atoms with Gasteiger partial charge in [0.1, 0.15) is 5.82 Å². The number of carbonyl (C=O) groups is 2. The Morgan fingerprint density at radius 3 is 2.50 bits per heavy atom. The zero-order chi connectivity index (χ0) is 17.3. The number of aryl methyl sites for hydroxylation is 1. The third-order valence-corrected chi connectivity index (χ3v) is 4.22. The molecule has 4 nitrogen and oxygen atoms in total. The van der Waals surface area contributed by atoms with Gasteiger partial charge in [-0.1, -0.05) is 11.6 Å². The molecular formula is C18H15ClFNO3. The second-order valence-electron chi connectivity index (χ2n) is 5.52. The minimum absolute atomic E-state index is 0.285. The van der Waals surface area contributed by atoms with Gasteiger partial charge < -0.3 is 9.64 Å². The van der Waals surface area contributed by atoms with Crippen LogP contribution < -0.4 is 4.90 Å². The molecule has 1 heterocycles. The van der Waals surface area contributed by atoms with Crippen molar-refractivity contribution in [2.45, 2.75) is 12.8 Å². The van der Waals surface area contributed by atoms with Crippen LogP contribution in [0.3, 0.4) is 0 Å². The number of rotatable bonds is 2. The Morgan fingerprint density at radius 1 is 1.17 bits per heavy atom. The SMILES string of the molecule is COC(=O)c1ccc(C(=O)N2CCCc3cc(Cl)cc(F)c32)cc1. The van der Waals surface area contributed by atoms with Crippen LogP contribution in [0.25, 0.3) is 0 Å². The number of nitrogens with zero attached hydrogens (tertiary/aromatic N) is 1. The van der Waals surface area contributed by atoms with Crippen LogP contribution in [-0.4, -0.2) is 25.5 Å². The third kappa shape index (κ3) is 2.99. The molecule has 0 saturated heterocycles. The molecule has 0 aromatic heterocycles. The van der Waals surface area contributed by atoms with E-state index < -0.39 is 11.8 Å². The molecule has 0 saturated carbocycles. The summed E-state index contributed by atoms with van der Waals surface area (Å²) in [6.07, 6.45) is 1.41. The Hall–Kier alpha value is -2.40. The van der Waals surface area contributed by atoms with Crippen molar-refractivity contribution < 1.29 is 18.7 Å². The van der Waals surface area contributed by atoms with E-state index in [1.54, 1.807) is 6.07 Å². The van der Waals surface area contributed by atoms with Gasteiger partial charge in [0, 0.05) is 17.1 Å². The fraction of sp³-hybridized carbons (Fsp3) is 0.222. The molecule has 124 valence electrons. The highest BCUT2D eigenvalue weighted by Crippen LogP contribution is 2.33. The first-order chi connectivity index (χ1) is 11.5. The van der Waals surface area contributed by atoms with Crippen LogP contribution in [0.1, 0.15) is 32.7 Å². The zero-order valence-corrected chi connectivity index (χ0v) is 13.8. The molecule has 1 aliphatic heterocycles. The van der Waals surface area contributed by atoms with E-state index in [1.165, 1.54) is 42.3 Å². The molecule has 0 unspecified atom stereocenters. The van der Waals surface area contributed by atoms with Crippen LogP contribution in [0.5, 0.6) is 0 Å². The van der Waals surface area contributed by atoms with Crippen molar-refractivity contribution in [2.75, 3.05) is 18.6 Å². The Morgan fingerprint density at radius 2 is 1.83 bits per heavy atom. The lowest BCUT2D eigenvalue weighted by Gasteiger charge is -2.30. The van der Waals surface area contributed by atoms with E-state index in [0.717, 1.165) is 12.0 Å². The normalized spacial score (nSPS) is 13.4. The molecule has 2 aromatic rings. The number of benzene rings is 2. The van der Waals surface area contributed by atoms with Gasteiger partial charge in [0.2, 0.25) is 0 Å². The number of methoxy groups -OCH3 is 1. The van der Waals surface area contributed by atoms with Crippen LogP contribution >= 0.6 is 11.6 Å². The number of hydrogen-bond acceptors (Lipinski definition) is 3. The lowest BCUT2D eigenvalue weighted by Crippen LogP contribution is -2.36. The quantitative estimate of drug-likeness (QED) is 0.775. The molecule has 24 heavy (non-hydrogen) atoms. The first-order valence-corrected chi connectivity index (χ1v) is 7.87. The number of amides is 1. The van der Waals surface area contributed by atoms with Gasteiger partial charge in [0.05, 0.1) is 18.4 Å². The van der Waals surface area contributed by atoms with Crippen LogP contribution in [0, 0.1) is 5.82 Å². The molecule has 1 aliphatic rings. The lowest BCUT2D eigenvalue weighted by molar-refractivity contribution is 0.0600. The number of carbonyl (C=O) groups excluding carboxylic acids is 2. The molecule has 0 aliphatic carbocycles. The first kappa shape index (κ1) is 16.5. The molecule has 0 spiro atoms. The van der Waals surface area contributed by atoms with Crippen LogP contribution in [0.2, 0.25) is 5.02 Å². The summed E-state index contributed by atoms with van der Waals surface area (Å²) < 4.78 is 19.0. The van der Waals surface area contributed by atoms with Crippen molar-refractivity contribution in [3.8, 4) is 0 Å². The summed E-state index contributed by atoms with van der Waals surface area (Å²) >= 11 is 5.90. The predicted molar refractivity (Wildman–Crippen MR) is 89.2 cm³/mol. The van der Waals surface area contributed by atoms with Crippen molar-refractivity contribution >= 4 is 29.2 Å². The summed E-state index contributed by atoms with van der Waals surface area (Å²) in [4.78, 5) is 25.6. The number of esters is 1. The van der Waals surface area contributed by atoms with Crippen molar-refractivity contribution in [3.63, 3.8) is 0 Å². The summed E-state index contributed by atoms with van der Waals surface area (Å²) in [5.41, 5.74) is 1.74. The number of anilines is 1. The van der Waals surface area contributed by atoms with Crippen molar-refractivity contribution in [2.24, 2.45) is 0 Å². The largest absolute Gasteiger partial charge is 0.465 e. The number of hydrogen-bond donors (Lipinski definition) is 0. The Labute approximate surface area is 143 Å². The summed E-state index contributed by atoms with van der Waals surface area (Å²) in [7, 11) is 1.29. The topological polar surface area (TPSA) is 46.6 Å². The maximum absolute atomic E-state index is 14.3. The highest BCUT2D eigenvalue weighted by atomic mass is 35.5. The third-order valence-electron chi connectivity index (χ3n) is 4.00. The Bertz CT molecular complexity index is 805. The minimum atomic E-state index is -0.503. The first-order valence-electron chi connectivity index (χ1n) is 7.49. The van der Waals surface area contributed by atoms with E-state index in [4.69, 9.17) is 11.6 Å². The molecule has 0 atom stereocenters. The molecule has 1 amide bonds. The Kier molecular flexibility index (Phi) is 4.53. The molecular weight excluding hydrogens is 333 g/mol. The van der Waals surface area contributed by atoms with Gasteiger partial charge >= 0.3 is 5.97 Å². The Balaban J connectivity index is 1.93. The van der Waals surface area contributed by atoms with Crippen LogP contribution in [-0.2, 0) is 11.2 Å². The molecule has 0 fully saturated rings. The minimum Gasteiger partial charge on any atom is -0.465 e. The second kappa shape index (κ2) is 6.61. The summed E-state index contributed by atoms with van der Waals surface area (Å²) in [5.74, 6) is -1.29. The van der Waals surface area contributed by atoms with E-state index in [0.29, 0.717) is 29.1 Å². The van der Waals surface area contributed by atoms with Gasteiger partial charge in [-0.15, -0.1) is 0 Å². The second-order valence-corrected chi connectivity index (χ2v) is 5.96. The fourth-order valence-corrected chi connectivity index (χ4v) is 3.10. The maximum Gasteiger partial charge on any atom is 0.337 e. The van der Waals surface area contributed by atoms with Crippen LogP contribution in [0.15, 0.2) is 36.4 Å². The number of fused-ring (bicyclic) bond motifs is 1. The predicted octanol–water partition coefficient (Wildman–Crippen LogP) is 3.86. The van der Waals surface area contributed by atoms with Gasteiger partial charge in [-0.25, -0.2) is 9.18 Å². The van der Waals surface area contributed by atoms with E-state index in [1.807, 2.05) is 0 Å². The molecule has 6 heteroatoms. The van der Waals surface area contributed by atoms with Crippen molar-refractivity contribution in [1.29, 1.82) is 0 Å². The summed E-state index contributed by atoms with van der Waals surface area (Å²) in [6.45, 7) is 0.434. The van der Waals surface area contributed by atoms with E-state index in [2.05, 4.69) is 4.74 Å². The van der Waals surface area contributed by atoms with E-state index in [9.17, 15) is 14.0 Å². The monoisotopic (exact) mass is 347 g/mol. The zero-order valence-electron chi connectivity index (χ0n) is 13.0. The highest BCUT2D eigenvalue weighted by molar-refractivity contribution is 6.30. The van der Waals surface area contributed by atoms with Gasteiger partial charge in [-0.3, -0.25) is 4.79 Å². The average Bonchev–Trinajstić information content (AvgIpc) is 2.59. The maximum atomic E-state index is 14.3. The molecule has 2 aromatic carbocycles. The van der Waals surface area contributed by atoms with Gasteiger partial charge in [-0.05, 0) is 54.8 Å². The van der Waals surface area contributed by atoms with E-state index >= 15 is 0 Å². The van der Waals surface area contributed by atoms with E-state index in [-0.39, 0.29) is 11.6 Å². The number of halogens is 2. The van der Waals surface area contributed by atoms with Crippen LogP contribution in [0.4, 0.5) is 10.1 Å².